The van der Waals surface area contributed by atoms with E-state index in [0.29, 0.717) is 12.1 Å². The third-order valence-corrected chi connectivity index (χ3v) is 4.10. The lowest BCUT2D eigenvalue weighted by atomic mass is 9.98. The third-order valence-electron chi connectivity index (χ3n) is 2.97. The highest BCUT2D eigenvalue weighted by Gasteiger charge is 2.26. The molecule has 5 nitrogen and oxygen atoms in total. The van der Waals surface area contributed by atoms with E-state index in [1.165, 1.54) is 12.1 Å². The van der Waals surface area contributed by atoms with Gasteiger partial charge in [-0.15, -0.1) is 0 Å². The fourth-order valence-electron chi connectivity index (χ4n) is 1.53. The van der Waals surface area contributed by atoms with Crippen molar-refractivity contribution < 1.29 is 18.6 Å². The Morgan fingerprint density at radius 2 is 1.67 bits per heavy atom. The first kappa shape index (κ1) is 14.9. The second-order valence-electron chi connectivity index (χ2n) is 4.37. The van der Waals surface area contributed by atoms with Crippen molar-refractivity contribution in [3.63, 3.8) is 0 Å². The lowest BCUT2D eigenvalue weighted by Crippen LogP contribution is -2.45. The van der Waals surface area contributed by atoms with Crippen molar-refractivity contribution in [3.05, 3.63) is 24.3 Å². The topological polar surface area (TPSA) is 86.6 Å². The van der Waals surface area contributed by atoms with E-state index in [1.54, 1.807) is 12.1 Å². The molecular formula is C12H19NO4S. The molecule has 0 saturated carbocycles. The highest BCUT2D eigenvalue weighted by Crippen LogP contribution is 2.20. The van der Waals surface area contributed by atoms with Crippen LogP contribution in [0, 0.1) is 0 Å². The molecule has 18 heavy (non-hydrogen) atoms. The Kier molecular flexibility index (Phi) is 4.72. The predicted molar refractivity (Wildman–Crippen MR) is 70.4 cm³/mol. The molecule has 0 amide bonds. The highest BCUT2D eigenvalue weighted by molar-refractivity contribution is 7.90. The van der Waals surface area contributed by atoms with E-state index in [2.05, 4.69) is 5.32 Å². The van der Waals surface area contributed by atoms with Gasteiger partial charge < -0.3 is 15.5 Å². The average Bonchev–Trinajstić information content (AvgIpc) is 2.36. The predicted octanol–water partition coefficient (Wildman–Crippen LogP) is 0.635. The molecule has 0 aromatic heterocycles. The van der Waals surface area contributed by atoms with E-state index in [1.807, 2.05) is 6.92 Å². The first-order valence-electron chi connectivity index (χ1n) is 5.67. The number of hydrogen-bond acceptors (Lipinski definition) is 5. The second kappa shape index (κ2) is 5.69. The number of hydrogen-bond donors (Lipinski definition) is 3. The molecule has 0 bridgehead atoms. The molecule has 1 aromatic carbocycles. The van der Waals surface area contributed by atoms with Crippen LogP contribution in [0.4, 0.5) is 5.69 Å². The minimum atomic E-state index is -3.21. The Hall–Kier alpha value is -1.11. The number of sulfone groups is 1. The number of benzene rings is 1. The van der Waals surface area contributed by atoms with E-state index in [0.717, 1.165) is 6.26 Å². The van der Waals surface area contributed by atoms with Gasteiger partial charge in [-0.25, -0.2) is 8.42 Å². The molecule has 0 aliphatic carbocycles. The number of nitrogens with one attached hydrogen (secondary N) is 1. The standard InChI is InChI=1S/C12H19NO4S/c1-3-12(8-14,9-15)13-10-4-6-11(7-5-10)18(2,16)17/h4-7,13-15H,3,8-9H2,1-2H3. The molecule has 3 N–H and O–H groups in total. The van der Waals surface area contributed by atoms with Gasteiger partial charge in [0.25, 0.3) is 0 Å². The SMILES string of the molecule is CCC(CO)(CO)Nc1ccc(S(C)(=O)=O)cc1. The van der Waals surface area contributed by atoms with Crippen LogP contribution in [0.1, 0.15) is 13.3 Å². The summed E-state index contributed by atoms with van der Waals surface area (Å²) in [7, 11) is -3.21. The van der Waals surface area contributed by atoms with Crippen LogP contribution in [0.5, 0.6) is 0 Å². The van der Waals surface area contributed by atoms with Gasteiger partial charge in [0.15, 0.2) is 9.84 Å². The summed E-state index contributed by atoms with van der Waals surface area (Å²) in [5.41, 5.74) is -0.126. The molecule has 0 aliphatic rings. The van der Waals surface area contributed by atoms with Gasteiger partial charge in [0.2, 0.25) is 0 Å². The van der Waals surface area contributed by atoms with Gasteiger partial charge in [0.1, 0.15) is 0 Å². The van der Waals surface area contributed by atoms with E-state index in [4.69, 9.17) is 0 Å². The molecule has 1 rings (SSSR count). The molecule has 0 unspecified atom stereocenters. The minimum absolute atomic E-state index is 0.201. The number of aliphatic hydroxyl groups is 2. The van der Waals surface area contributed by atoms with Crippen LogP contribution < -0.4 is 5.32 Å². The van der Waals surface area contributed by atoms with Crippen molar-refractivity contribution in [3.8, 4) is 0 Å². The van der Waals surface area contributed by atoms with Crippen molar-refractivity contribution in [1.82, 2.24) is 0 Å². The van der Waals surface area contributed by atoms with E-state index < -0.39 is 15.4 Å². The van der Waals surface area contributed by atoms with Crippen LogP contribution in [0.25, 0.3) is 0 Å². The summed E-state index contributed by atoms with van der Waals surface area (Å²) in [6.45, 7) is 1.45. The van der Waals surface area contributed by atoms with Crippen molar-refractivity contribution in [2.75, 3.05) is 24.8 Å². The Balaban J connectivity index is 2.93. The molecular weight excluding hydrogens is 254 g/mol. The molecule has 102 valence electrons. The smallest absolute Gasteiger partial charge is 0.175 e. The van der Waals surface area contributed by atoms with Crippen LogP contribution >= 0.6 is 0 Å². The number of aliphatic hydroxyl groups excluding tert-OH is 2. The molecule has 0 fully saturated rings. The maximum atomic E-state index is 11.3. The quantitative estimate of drug-likeness (QED) is 0.708. The largest absolute Gasteiger partial charge is 0.394 e. The summed E-state index contributed by atoms with van der Waals surface area (Å²) in [4.78, 5) is 0.239. The zero-order chi connectivity index (χ0) is 13.8. The maximum Gasteiger partial charge on any atom is 0.175 e. The van der Waals surface area contributed by atoms with Gasteiger partial charge >= 0.3 is 0 Å². The Labute approximate surface area is 107 Å². The summed E-state index contributed by atoms with van der Waals surface area (Å²) in [6, 6.07) is 6.22. The van der Waals surface area contributed by atoms with Gasteiger partial charge in [0.05, 0.1) is 23.6 Å². The third kappa shape index (κ3) is 3.44. The molecule has 0 saturated heterocycles. The maximum absolute atomic E-state index is 11.3. The summed E-state index contributed by atoms with van der Waals surface area (Å²) in [5.74, 6) is 0. The van der Waals surface area contributed by atoms with Crippen molar-refractivity contribution >= 4 is 15.5 Å². The van der Waals surface area contributed by atoms with Gasteiger partial charge in [0, 0.05) is 11.9 Å². The summed E-state index contributed by atoms with van der Waals surface area (Å²) < 4.78 is 22.6. The van der Waals surface area contributed by atoms with Crippen LogP contribution in [0.15, 0.2) is 29.2 Å². The van der Waals surface area contributed by atoms with Crippen LogP contribution in [0.2, 0.25) is 0 Å². The lowest BCUT2D eigenvalue weighted by molar-refractivity contribution is 0.132. The van der Waals surface area contributed by atoms with Crippen molar-refractivity contribution in [2.24, 2.45) is 0 Å². The second-order valence-corrected chi connectivity index (χ2v) is 6.39. The summed E-state index contributed by atoms with van der Waals surface area (Å²) in [5, 5.41) is 21.6. The molecule has 0 aliphatic heterocycles. The number of rotatable bonds is 6. The van der Waals surface area contributed by atoms with Gasteiger partial charge in [-0.05, 0) is 30.7 Å². The van der Waals surface area contributed by atoms with Crippen molar-refractivity contribution in [1.29, 1.82) is 0 Å². The van der Waals surface area contributed by atoms with Crippen LogP contribution in [-0.4, -0.2) is 43.6 Å². The normalized spacial score (nSPS) is 12.4. The van der Waals surface area contributed by atoms with Crippen LogP contribution in [0.3, 0.4) is 0 Å². The molecule has 1 aromatic rings. The van der Waals surface area contributed by atoms with E-state index in [9.17, 15) is 18.6 Å². The lowest BCUT2D eigenvalue weighted by Gasteiger charge is -2.30. The minimum Gasteiger partial charge on any atom is -0.394 e. The van der Waals surface area contributed by atoms with Gasteiger partial charge in [-0.2, -0.15) is 0 Å². The highest BCUT2D eigenvalue weighted by atomic mass is 32.2. The molecule has 6 heteroatoms. The fraction of sp³-hybridized carbons (Fsp3) is 0.500. The molecule has 0 atom stereocenters. The molecule has 0 heterocycles. The monoisotopic (exact) mass is 273 g/mol. The first-order valence-corrected chi connectivity index (χ1v) is 7.56. The van der Waals surface area contributed by atoms with Crippen LogP contribution in [-0.2, 0) is 9.84 Å². The average molecular weight is 273 g/mol. The van der Waals surface area contributed by atoms with Gasteiger partial charge in [-0.1, -0.05) is 6.92 Å². The van der Waals surface area contributed by atoms with Gasteiger partial charge in [-0.3, -0.25) is 0 Å². The zero-order valence-corrected chi connectivity index (χ0v) is 11.4. The number of anilines is 1. The Bertz CT molecular complexity index is 469. The zero-order valence-electron chi connectivity index (χ0n) is 10.5. The molecule has 0 radical (unpaired) electrons. The van der Waals surface area contributed by atoms with E-state index >= 15 is 0 Å². The summed E-state index contributed by atoms with van der Waals surface area (Å²) >= 11 is 0. The summed E-state index contributed by atoms with van der Waals surface area (Å²) in [6.07, 6.45) is 1.70. The first-order chi connectivity index (χ1) is 8.37. The Morgan fingerprint density at radius 1 is 1.17 bits per heavy atom. The van der Waals surface area contributed by atoms with Crippen molar-refractivity contribution in [2.45, 2.75) is 23.8 Å². The fourth-order valence-corrected chi connectivity index (χ4v) is 2.16. The Morgan fingerprint density at radius 3 is 2.00 bits per heavy atom. The molecule has 0 spiro atoms. The van der Waals surface area contributed by atoms with E-state index in [-0.39, 0.29) is 18.1 Å².